The second kappa shape index (κ2) is 6.01. The van der Waals surface area contributed by atoms with E-state index in [0.29, 0.717) is 13.0 Å². The van der Waals surface area contributed by atoms with Crippen molar-refractivity contribution >= 4 is 5.97 Å². The predicted molar refractivity (Wildman–Crippen MR) is 73.7 cm³/mol. The van der Waals surface area contributed by atoms with Gasteiger partial charge in [0.15, 0.2) is 0 Å². The monoisotopic (exact) mass is 249 g/mol. The van der Waals surface area contributed by atoms with Crippen LogP contribution in [0.5, 0.6) is 0 Å². The summed E-state index contributed by atoms with van der Waals surface area (Å²) in [5.74, 6) is -0.740. The summed E-state index contributed by atoms with van der Waals surface area (Å²) in [6, 6.07) is 6.27. The van der Waals surface area contributed by atoms with Gasteiger partial charge in [-0.1, -0.05) is 18.2 Å². The van der Waals surface area contributed by atoms with E-state index in [1.54, 1.807) is 13.8 Å². The molecule has 18 heavy (non-hydrogen) atoms. The van der Waals surface area contributed by atoms with Gasteiger partial charge in [-0.25, -0.2) is 0 Å². The topological polar surface area (TPSA) is 49.3 Å². The van der Waals surface area contributed by atoms with Crippen LogP contribution in [0.15, 0.2) is 18.2 Å². The van der Waals surface area contributed by atoms with Gasteiger partial charge in [-0.2, -0.15) is 0 Å². The third-order valence-corrected chi connectivity index (χ3v) is 3.54. The SMILES string of the molecule is Cc1cccc(CNCCC(C)(C)C(=O)O)c1C. The molecule has 0 unspecified atom stereocenters. The maximum absolute atomic E-state index is 11.0. The number of aliphatic carboxylic acids is 1. The minimum absolute atomic E-state index is 0.632. The molecule has 1 aromatic rings. The van der Waals surface area contributed by atoms with E-state index in [2.05, 4.69) is 37.4 Å². The Labute approximate surface area is 109 Å². The molecule has 0 amide bonds. The molecule has 0 saturated carbocycles. The number of carbonyl (C=O) groups is 1. The highest BCUT2D eigenvalue weighted by Crippen LogP contribution is 2.19. The average Bonchev–Trinajstić information content (AvgIpc) is 2.29. The maximum atomic E-state index is 11.0. The van der Waals surface area contributed by atoms with Crippen LogP contribution in [0.4, 0.5) is 0 Å². The summed E-state index contributed by atoms with van der Waals surface area (Å²) in [5.41, 5.74) is 3.22. The summed E-state index contributed by atoms with van der Waals surface area (Å²) in [6.07, 6.45) is 0.632. The standard InChI is InChI=1S/C15H23NO2/c1-11-6-5-7-13(12(11)2)10-16-9-8-15(3,4)14(17)18/h5-7,16H,8-10H2,1-4H3,(H,17,18). The molecule has 0 aliphatic heterocycles. The fourth-order valence-electron chi connectivity index (χ4n) is 1.73. The molecular formula is C15H23NO2. The highest BCUT2D eigenvalue weighted by atomic mass is 16.4. The summed E-state index contributed by atoms with van der Waals surface area (Å²) in [5, 5.41) is 12.3. The summed E-state index contributed by atoms with van der Waals surface area (Å²) < 4.78 is 0. The van der Waals surface area contributed by atoms with Gasteiger partial charge < -0.3 is 10.4 Å². The van der Waals surface area contributed by atoms with E-state index in [9.17, 15) is 4.79 Å². The van der Waals surface area contributed by atoms with Crippen LogP contribution in [0.3, 0.4) is 0 Å². The van der Waals surface area contributed by atoms with Gasteiger partial charge in [-0.15, -0.1) is 0 Å². The van der Waals surface area contributed by atoms with Crippen LogP contribution in [-0.2, 0) is 11.3 Å². The Kier molecular flexibility index (Phi) is 4.91. The van der Waals surface area contributed by atoms with Gasteiger partial charge in [-0.3, -0.25) is 4.79 Å². The highest BCUT2D eigenvalue weighted by Gasteiger charge is 2.26. The predicted octanol–water partition coefficient (Wildman–Crippen LogP) is 2.89. The summed E-state index contributed by atoms with van der Waals surface area (Å²) in [4.78, 5) is 11.0. The van der Waals surface area contributed by atoms with Crippen molar-refractivity contribution in [2.24, 2.45) is 5.41 Å². The normalized spacial score (nSPS) is 11.6. The van der Waals surface area contributed by atoms with Crippen LogP contribution >= 0.6 is 0 Å². The van der Waals surface area contributed by atoms with Crippen molar-refractivity contribution in [1.82, 2.24) is 5.32 Å². The van der Waals surface area contributed by atoms with Gasteiger partial charge in [-0.05, 0) is 57.4 Å². The third-order valence-electron chi connectivity index (χ3n) is 3.54. The number of aryl methyl sites for hydroxylation is 1. The Balaban J connectivity index is 2.43. The van der Waals surface area contributed by atoms with Crippen molar-refractivity contribution in [3.63, 3.8) is 0 Å². The van der Waals surface area contributed by atoms with Gasteiger partial charge in [0.1, 0.15) is 0 Å². The second-order valence-corrected chi connectivity index (χ2v) is 5.47. The molecule has 0 spiro atoms. The number of carboxylic acid groups (broad SMARTS) is 1. The van der Waals surface area contributed by atoms with E-state index >= 15 is 0 Å². The van der Waals surface area contributed by atoms with Gasteiger partial charge >= 0.3 is 5.97 Å². The number of rotatable bonds is 6. The minimum atomic E-state index is -0.740. The molecule has 0 saturated heterocycles. The number of hydrogen-bond donors (Lipinski definition) is 2. The molecule has 0 heterocycles. The van der Waals surface area contributed by atoms with E-state index in [1.165, 1.54) is 16.7 Å². The smallest absolute Gasteiger partial charge is 0.309 e. The van der Waals surface area contributed by atoms with Gasteiger partial charge in [0, 0.05) is 6.54 Å². The Morgan fingerprint density at radius 2 is 2.00 bits per heavy atom. The van der Waals surface area contributed by atoms with Crippen LogP contribution < -0.4 is 5.32 Å². The highest BCUT2D eigenvalue weighted by molar-refractivity contribution is 5.73. The van der Waals surface area contributed by atoms with E-state index in [1.807, 2.05) is 0 Å². The molecule has 0 fully saturated rings. The third kappa shape index (κ3) is 3.84. The Bertz CT molecular complexity index is 425. The van der Waals surface area contributed by atoms with Crippen molar-refractivity contribution in [3.05, 3.63) is 34.9 Å². The van der Waals surface area contributed by atoms with Gasteiger partial charge in [0.2, 0.25) is 0 Å². The largest absolute Gasteiger partial charge is 0.481 e. The van der Waals surface area contributed by atoms with E-state index in [0.717, 1.165) is 6.54 Å². The maximum Gasteiger partial charge on any atom is 0.309 e. The lowest BCUT2D eigenvalue weighted by Gasteiger charge is -2.19. The van der Waals surface area contributed by atoms with Crippen molar-refractivity contribution in [2.45, 2.75) is 40.7 Å². The minimum Gasteiger partial charge on any atom is -0.481 e. The average molecular weight is 249 g/mol. The zero-order chi connectivity index (χ0) is 13.8. The van der Waals surface area contributed by atoms with Crippen molar-refractivity contribution in [3.8, 4) is 0 Å². The van der Waals surface area contributed by atoms with Crippen LogP contribution in [-0.4, -0.2) is 17.6 Å². The Hall–Kier alpha value is -1.35. The van der Waals surface area contributed by atoms with Crippen LogP contribution in [0.1, 0.15) is 37.0 Å². The molecular weight excluding hydrogens is 226 g/mol. The molecule has 2 N–H and O–H groups in total. The van der Waals surface area contributed by atoms with Crippen LogP contribution in [0.2, 0.25) is 0 Å². The zero-order valence-electron chi connectivity index (χ0n) is 11.7. The molecule has 1 aromatic carbocycles. The fraction of sp³-hybridized carbons (Fsp3) is 0.533. The number of hydrogen-bond acceptors (Lipinski definition) is 2. The molecule has 0 aliphatic rings. The fourth-order valence-corrected chi connectivity index (χ4v) is 1.73. The first-order chi connectivity index (χ1) is 8.34. The molecule has 100 valence electrons. The lowest BCUT2D eigenvalue weighted by molar-refractivity contribution is -0.147. The second-order valence-electron chi connectivity index (χ2n) is 5.47. The van der Waals surface area contributed by atoms with Crippen molar-refractivity contribution < 1.29 is 9.90 Å². The molecule has 0 radical (unpaired) electrons. The molecule has 3 heteroatoms. The zero-order valence-corrected chi connectivity index (χ0v) is 11.7. The number of carboxylic acids is 1. The van der Waals surface area contributed by atoms with E-state index < -0.39 is 11.4 Å². The molecule has 0 bridgehead atoms. The lowest BCUT2D eigenvalue weighted by Crippen LogP contribution is -2.29. The Morgan fingerprint density at radius 3 is 2.61 bits per heavy atom. The molecule has 3 nitrogen and oxygen atoms in total. The lowest BCUT2D eigenvalue weighted by atomic mass is 9.89. The van der Waals surface area contributed by atoms with Gasteiger partial charge in [0.05, 0.1) is 5.41 Å². The van der Waals surface area contributed by atoms with E-state index in [4.69, 9.17) is 5.11 Å². The summed E-state index contributed by atoms with van der Waals surface area (Å²) in [7, 11) is 0. The van der Waals surface area contributed by atoms with Gasteiger partial charge in [0.25, 0.3) is 0 Å². The first-order valence-corrected chi connectivity index (χ1v) is 6.34. The molecule has 0 aliphatic carbocycles. The first kappa shape index (κ1) is 14.7. The molecule has 1 rings (SSSR count). The number of nitrogens with one attached hydrogen (secondary N) is 1. The van der Waals surface area contributed by atoms with E-state index in [-0.39, 0.29) is 0 Å². The number of benzene rings is 1. The van der Waals surface area contributed by atoms with Crippen LogP contribution in [0, 0.1) is 19.3 Å². The molecule has 0 atom stereocenters. The summed E-state index contributed by atoms with van der Waals surface area (Å²) >= 11 is 0. The van der Waals surface area contributed by atoms with Crippen molar-refractivity contribution in [1.29, 1.82) is 0 Å². The molecule has 0 aromatic heterocycles. The Morgan fingerprint density at radius 1 is 1.33 bits per heavy atom. The first-order valence-electron chi connectivity index (χ1n) is 6.34. The van der Waals surface area contributed by atoms with Crippen molar-refractivity contribution in [2.75, 3.05) is 6.54 Å². The quantitative estimate of drug-likeness (QED) is 0.762. The van der Waals surface area contributed by atoms with Crippen LogP contribution in [0.25, 0.3) is 0 Å². The summed E-state index contributed by atoms with van der Waals surface area (Å²) in [6.45, 7) is 9.25.